The zero-order chi connectivity index (χ0) is 13.8. The van der Waals surface area contributed by atoms with Crippen molar-refractivity contribution in [3.05, 3.63) is 0 Å². The van der Waals surface area contributed by atoms with Crippen LogP contribution in [0.15, 0.2) is 0 Å². The molecule has 0 aromatic heterocycles. The van der Waals surface area contributed by atoms with E-state index < -0.39 is 12.3 Å². The molecule has 1 aliphatic rings. The summed E-state index contributed by atoms with van der Waals surface area (Å²) in [5.74, 6) is 0.614. The SMILES string of the molecule is CC(C)(C)C1CCC(OC(=O)OOC(=O)O)CC1. The van der Waals surface area contributed by atoms with E-state index in [-0.39, 0.29) is 11.5 Å². The Morgan fingerprint density at radius 1 is 1.06 bits per heavy atom. The summed E-state index contributed by atoms with van der Waals surface area (Å²) in [4.78, 5) is 28.7. The average Bonchev–Trinajstić information content (AvgIpc) is 2.26. The number of carboxylic acid groups (broad SMARTS) is 1. The first-order valence-electron chi connectivity index (χ1n) is 6.07. The number of ether oxygens (including phenoxy) is 1. The van der Waals surface area contributed by atoms with E-state index in [9.17, 15) is 9.59 Å². The molecule has 0 saturated heterocycles. The van der Waals surface area contributed by atoms with E-state index in [1.165, 1.54) is 0 Å². The van der Waals surface area contributed by atoms with Gasteiger partial charge in [0.1, 0.15) is 6.10 Å². The molecule has 18 heavy (non-hydrogen) atoms. The largest absolute Gasteiger partial charge is 0.550 e. The van der Waals surface area contributed by atoms with Gasteiger partial charge in [-0.3, -0.25) is 0 Å². The molecule has 0 unspecified atom stereocenters. The van der Waals surface area contributed by atoms with Crippen molar-refractivity contribution in [2.75, 3.05) is 0 Å². The third-order valence-electron chi connectivity index (χ3n) is 3.34. The zero-order valence-corrected chi connectivity index (χ0v) is 11.0. The topological polar surface area (TPSA) is 82.1 Å². The minimum Gasteiger partial charge on any atom is -0.447 e. The number of carbonyl (C=O) groups excluding carboxylic acids is 1. The highest BCUT2D eigenvalue weighted by Gasteiger charge is 2.31. The predicted octanol–water partition coefficient (Wildman–Crippen LogP) is 3.35. The summed E-state index contributed by atoms with van der Waals surface area (Å²) in [7, 11) is 0. The van der Waals surface area contributed by atoms with Crippen molar-refractivity contribution in [2.45, 2.75) is 52.6 Å². The second kappa shape index (κ2) is 5.93. The van der Waals surface area contributed by atoms with Gasteiger partial charge < -0.3 is 9.84 Å². The highest BCUT2D eigenvalue weighted by Crippen LogP contribution is 2.38. The molecule has 0 aromatic rings. The van der Waals surface area contributed by atoms with Crippen molar-refractivity contribution in [1.82, 2.24) is 0 Å². The van der Waals surface area contributed by atoms with Crippen LogP contribution in [0.4, 0.5) is 9.59 Å². The first kappa shape index (κ1) is 14.6. The lowest BCUT2D eigenvalue weighted by molar-refractivity contribution is -0.218. The molecule has 1 rings (SSSR count). The molecule has 0 aromatic carbocycles. The van der Waals surface area contributed by atoms with E-state index in [1.54, 1.807) is 0 Å². The lowest BCUT2D eigenvalue weighted by Gasteiger charge is -2.36. The van der Waals surface area contributed by atoms with E-state index >= 15 is 0 Å². The molecule has 0 atom stereocenters. The smallest absolute Gasteiger partial charge is 0.447 e. The fraction of sp³-hybridized carbons (Fsp3) is 0.833. The third kappa shape index (κ3) is 4.81. The molecule has 6 nitrogen and oxygen atoms in total. The van der Waals surface area contributed by atoms with Crippen LogP contribution in [0.3, 0.4) is 0 Å². The molecule has 0 heterocycles. The fourth-order valence-electron chi connectivity index (χ4n) is 2.27. The van der Waals surface area contributed by atoms with Crippen LogP contribution in [0.5, 0.6) is 0 Å². The summed E-state index contributed by atoms with van der Waals surface area (Å²) in [5, 5.41) is 8.14. The Bertz CT molecular complexity index is 298. The second-order valence-corrected chi connectivity index (χ2v) is 5.64. The second-order valence-electron chi connectivity index (χ2n) is 5.64. The highest BCUT2D eigenvalue weighted by molar-refractivity contribution is 5.62. The van der Waals surface area contributed by atoms with E-state index in [4.69, 9.17) is 9.84 Å². The number of carbonyl (C=O) groups is 2. The zero-order valence-electron chi connectivity index (χ0n) is 11.0. The summed E-state index contributed by atoms with van der Waals surface area (Å²) in [6.07, 6.45) is 0.518. The normalized spacial score (nSPS) is 24.2. The van der Waals surface area contributed by atoms with Crippen molar-refractivity contribution in [3.63, 3.8) is 0 Å². The number of rotatable bonds is 1. The van der Waals surface area contributed by atoms with Crippen LogP contribution in [0.1, 0.15) is 46.5 Å². The maximum Gasteiger partial charge on any atom is 0.550 e. The van der Waals surface area contributed by atoms with Crippen molar-refractivity contribution in [1.29, 1.82) is 0 Å². The molecule has 0 radical (unpaired) electrons. The van der Waals surface area contributed by atoms with Gasteiger partial charge in [-0.1, -0.05) is 20.8 Å². The monoisotopic (exact) mass is 260 g/mol. The van der Waals surface area contributed by atoms with Gasteiger partial charge in [0.2, 0.25) is 0 Å². The lowest BCUT2D eigenvalue weighted by Crippen LogP contribution is -2.30. The fourth-order valence-corrected chi connectivity index (χ4v) is 2.27. The highest BCUT2D eigenvalue weighted by atomic mass is 17.3. The Hall–Kier alpha value is -1.46. The van der Waals surface area contributed by atoms with Gasteiger partial charge >= 0.3 is 12.3 Å². The van der Waals surface area contributed by atoms with Gasteiger partial charge in [0.15, 0.2) is 0 Å². The van der Waals surface area contributed by atoms with Crippen LogP contribution in [-0.4, -0.2) is 23.5 Å². The molecule has 0 spiro atoms. The van der Waals surface area contributed by atoms with Crippen LogP contribution in [-0.2, 0) is 14.5 Å². The Morgan fingerprint density at radius 2 is 1.61 bits per heavy atom. The Labute approximate surface area is 106 Å². The summed E-state index contributed by atoms with van der Waals surface area (Å²) >= 11 is 0. The molecule has 0 aliphatic heterocycles. The molecule has 104 valence electrons. The van der Waals surface area contributed by atoms with E-state index in [1.807, 2.05) is 0 Å². The Morgan fingerprint density at radius 3 is 2.06 bits per heavy atom. The summed E-state index contributed by atoms with van der Waals surface area (Å²) in [5.41, 5.74) is 0.262. The van der Waals surface area contributed by atoms with E-state index in [0.717, 1.165) is 25.7 Å². The van der Waals surface area contributed by atoms with Crippen molar-refractivity contribution in [3.8, 4) is 0 Å². The first-order valence-corrected chi connectivity index (χ1v) is 6.07. The Kier molecular flexibility index (Phi) is 4.81. The predicted molar refractivity (Wildman–Crippen MR) is 61.9 cm³/mol. The average molecular weight is 260 g/mol. The van der Waals surface area contributed by atoms with Gasteiger partial charge in [-0.15, -0.1) is 0 Å². The van der Waals surface area contributed by atoms with Gasteiger partial charge in [-0.25, -0.2) is 9.68 Å². The molecule has 6 heteroatoms. The maximum atomic E-state index is 11.1. The van der Waals surface area contributed by atoms with Crippen molar-refractivity contribution < 1.29 is 29.2 Å². The summed E-state index contributed by atoms with van der Waals surface area (Å²) < 4.78 is 4.95. The number of hydrogen-bond donors (Lipinski definition) is 1. The van der Waals surface area contributed by atoms with E-state index in [0.29, 0.717) is 5.92 Å². The van der Waals surface area contributed by atoms with Crippen LogP contribution in [0.2, 0.25) is 0 Å². The molecule has 1 N–H and O–H groups in total. The summed E-state index contributed by atoms with van der Waals surface area (Å²) in [6, 6.07) is 0. The van der Waals surface area contributed by atoms with Crippen LogP contribution >= 0.6 is 0 Å². The minimum atomic E-state index is -1.68. The third-order valence-corrected chi connectivity index (χ3v) is 3.34. The molecule has 1 aliphatic carbocycles. The Balaban J connectivity index is 2.27. The van der Waals surface area contributed by atoms with Crippen LogP contribution < -0.4 is 0 Å². The van der Waals surface area contributed by atoms with Crippen molar-refractivity contribution >= 4 is 12.3 Å². The molecule has 0 bridgehead atoms. The lowest BCUT2D eigenvalue weighted by atomic mass is 9.72. The molecular formula is C12H20O6. The molecule has 0 amide bonds. The van der Waals surface area contributed by atoms with Gasteiger partial charge in [0.25, 0.3) is 0 Å². The minimum absolute atomic E-state index is 0.214. The summed E-state index contributed by atoms with van der Waals surface area (Å²) in [6.45, 7) is 6.61. The van der Waals surface area contributed by atoms with Gasteiger partial charge in [-0.2, -0.15) is 9.68 Å². The van der Waals surface area contributed by atoms with Gasteiger partial charge in [-0.05, 0) is 37.0 Å². The first-order chi connectivity index (χ1) is 8.29. The number of hydrogen-bond acceptors (Lipinski definition) is 5. The van der Waals surface area contributed by atoms with Crippen molar-refractivity contribution in [2.24, 2.45) is 11.3 Å². The quantitative estimate of drug-likeness (QED) is 0.442. The maximum absolute atomic E-state index is 11.1. The molecule has 1 saturated carbocycles. The van der Waals surface area contributed by atoms with Crippen LogP contribution in [0.25, 0.3) is 0 Å². The molecule has 1 fully saturated rings. The van der Waals surface area contributed by atoms with Gasteiger partial charge in [0.05, 0.1) is 0 Å². The van der Waals surface area contributed by atoms with Gasteiger partial charge in [0, 0.05) is 0 Å². The molecular weight excluding hydrogens is 240 g/mol. The van der Waals surface area contributed by atoms with E-state index in [2.05, 4.69) is 30.5 Å². The standard InChI is InChI=1S/C12H20O6/c1-12(2,3)8-4-6-9(7-5-8)16-11(15)18-17-10(13)14/h8-9H,4-7H2,1-3H3,(H,13,14). The van der Waals surface area contributed by atoms with Crippen LogP contribution in [0, 0.1) is 11.3 Å².